The number of fused-ring (bicyclic) bond motifs is 1. The summed E-state index contributed by atoms with van der Waals surface area (Å²) in [6.45, 7) is 0.835. The van der Waals surface area contributed by atoms with Crippen LogP contribution in [0.5, 0.6) is 0 Å². The van der Waals surface area contributed by atoms with Crippen molar-refractivity contribution in [3.05, 3.63) is 30.5 Å². The van der Waals surface area contributed by atoms with Crippen LogP contribution in [-0.4, -0.2) is 55.8 Å². The minimum atomic E-state index is -4.72. The van der Waals surface area contributed by atoms with Crippen molar-refractivity contribution in [3.63, 3.8) is 0 Å². The first-order valence-electron chi connectivity index (χ1n) is 7.12. The van der Waals surface area contributed by atoms with E-state index in [2.05, 4.69) is 4.98 Å². The van der Waals surface area contributed by atoms with Gasteiger partial charge >= 0.3 is 6.18 Å². The molecule has 2 aromatic rings. The van der Waals surface area contributed by atoms with E-state index in [1.54, 1.807) is 0 Å². The summed E-state index contributed by atoms with van der Waals surface area (Å²) in [7, 11) is -4.30. The van der Waals surface area contributed by atoms with E-state index in [1.807, 2.05) is 35.4 Å². The first kappa shape index (κ1) is 16.1. The van der Waals surface area contributed by atoms with Crippen molar-refractivity contribution in [2.24, 2.45) is 0 Å². The first-order chi connectivity index (χ1) is 10.8. The number of nitrogens with zero attached hydrogens (tertiary/aromatic N) is 2. The number of hydrogen-bond acceptors (Lipinski definition) is 3. The number of H-pyrrole nitrogens is 1. The van der Waals surface area contributed by atoms with Gasteiger partial charge in [-0.15, -0.1) is 0 Å². The summed E-state index contributed by atoms with van der Waals surface area (Å²) in [4.78, 5) is 5.10. The molecule has 0 radical (unpaired) electrons. The van der Waals surface area contributed by atoms with Crippen LogP contribution in [0.2, 0.25) is 0 Å². The standard InChI is InChI=1S/C14H16F3N3O2S/c15-14(16,17)10-23(21,22)20-8-6-19(7-9-20)13-3-1-2-12-11(13)4-5-18-12/h1-5,18H,6-10H2. The second-order valence-corrected chi connectivity index (χ2v) is 7.44. The Balaban J connectivity index is 1.73. The van der Waals surface area contributed by atoms with Crippen LogP contribution in [-0.2, 0) is 10.0 Å². The predicted molar refractivity (Wildman–Crippen MR) is 81.9 cm³/mol. The van der Waals surface area contributed by atoms with Gasteiger partial charge in [-0.25, -0.2) is 8.42 Å². The average Bonchev–Trinajstić information content (AvgIpc) is 2.93. The number of sulfonamides is 1. The maximum atomic E-state index is 12.4. The number of alkyl halides is 3. The highest BCUT2D eigenvalue weighted by Crippen LogP contribution is 2.28. The maximum Gasteiger partial charge on any atom is 0.404 e. The molecule has 5 nitrogen and oxygen atoms in total. The van der Waals surface area contributed by atoms with Crippen LogP contribution in [0.3, 0.4) is 0 Å². The number of aromatic nitrogens is 1. The molecule has 0 amide bonds. The fraction of sp³-hybridized carbons (Fsp3) is 0.429. The normalized spacial score (nSPS) is 17.8. The van der Waals surface area contributed by atoms with Crippen molar-refractivity contribution < 1.29 is 21.6 Å². The molecule has 0 spiro atoms. The largest absolute Gasteiger partial charge is 0.404 e. The van der Waals surface area contributed by atoms with E-state index in [-0.39, 0.29) is 13.1 Å². The Morgan fingerprint density at radius 2 is 1.78 bits per heavy atom. The van der Waals surface area contributed by atoms with Crippen LogP contribution in [0.1, 0.15) is 0 Å². The average molecular weight is 347 g/mol. The minimum Gasteiger partial charge on any atom is -0.368 e. The van der Waals surface area contributed by atoms with Crippen molar-refractivity contribution in [1.82, 2.24) is 9.29 Å². The van der Waals surface area contributed by atoms with Crippen LogP contribution in [0, 0.1) is 0 Å². The van der Waals surface area contributed by atoms with Gasteiger partial charge in [0.25, 0.3) is 0 Å². The van der Waals surface area contributed by atoms with Crippen molar-refractivity contribution in [1.29, 1.82) is 0 Å². The molecular weight excluding hydrogens is 331 g/mol. The van der Waals surface area contributed by atoms with E-state index in [4.69, 9.17) is 0 Å². The minimum absolute atomic E-state index is 0.0548. The lowest BCUT2D eigenvalue weighted by atomic mass is 10.2. The molecule has 2 heterocycles. The van der Waals surface area contributed by atoms with Crippen LogP contribution < -0.4 is 4.90 Å². The Morgan fingerprint density at radius 1 is 1.09 bits per heavy atom. The lowest BCUT2D eigenvalue weighted by molar-refractivity contribution is -0.107. The van der Waals surface area contributed by atoms with E-state index in [1.165, 1.54) is 0 Å². The molecule has 1 aromatic carbocycles. The van der Waals surface area contributed by atoms with Gasteiger partial charge in [-0.3, -0.25) is 0 Å². The molecule has 0 saturated carbocycles. The molecule has 0 bridgehead atoms. The monoisotopic (exact) mass is 347 g/mol. The van der Waals surface area contributed by atoms with Gasteiger partial charge in [0.2, 0.25) is 10.0 Å². The van der Waals surface area contributed by atoms with Crippen LogP contribution in [0.15, 0.2) is 30.5 Å². The summed E-state index contributed by atoms with van der Waals surface area (Å²) in [5.74, 6) is -1.80. The first-order valence-corrected chi connectivity index (χ1v) is 8.73. The van der Waals surface area contributed by atoms with E-state index in [9.17, 15) is 21.6 Å². The van der Waals surface area contributed by atoms with Crippen LogP contribution in [0.25, 0.3) is 10.9 Å². The predicted octanol–water partition coefficient (Wildman–Crippen LogP) is 2.18. The number of rotatable bonds is 3. The van der Waals surface area contributed by atoms with Gasteiger partial charge in [-0.2, -0.15) is 17.5 Å². The smallest absolute Gasteiger partial charge is 0.368 e. The molecule has 0 unspecified atom stereocenters. The van der Waals surface area contributed by atoms with Gasteiger partial charge < -0.3 is 9.88 Å². The topological polar surface area (TPSA) is 56.4 Å². The van der Waals surface area contributed by atoms with Crippen LogP contribution in [0.4, 0.5) is 18.9 Å². The van der Waals surface area contributed by atoms with E-state index < -0.39 is 22.0 Å². The zero-order valence-corrected chi connectivity index (χ0v) is 13.0. The van der Waals surface area contributed by atoms with Gasteiger partial charge in [-0.1, -0.05) is 6.07 Å². The zero-order valence-electron chi connectivity index (χ0n) is 12.2. The molecule has 1 aliphatic heterocycles. The van der Waals surface area contributed by atoms with E-state index >= 15 is 0 Å². The molecular formula is C14H16F3N3O2S. The zero-order chi connectivity index (χ0) is 16.7. The third kappa shape index (κ3) is 3.45. The van der Waals surface area contributed by atoms with Crippen molar-refractivity contribution in [2.45, 2.75) is 6.18 Å². The molecule has 126 valence electrons. The fourth-order valence-electron chi connectivity index (χ4n) is 2.85. The summed E-state index contributed by atoms with van der Waals surface area (Å²) in [6.07, 6.45) is -2.90. The highest BCUT2D eigenvalue weighted by molar-refractivity contribution is 7.89. The van der Waals surface area contributed by atoms with Crippen molar-refractivity contribution in [2.75, 3.05) is 36.8 Å². The second kappa shape index (κ2) is 5.72. The molecule has 1 aliphatic rings. The molecule has 0 atom stereocenters. The molecule has 1 N–H and O–H groups in total. The SMILES string of the molecule is O=S(=O)(CC(F)(F)F)N1CCN(c2cccc3[nH]ccc23)CC1. The molecule has 0 aliphatic carbocycles. The summed E-state index contributed by atoms with van der Waals surface area (Å²) in [6, 6.07) is 7.68. The van der Waals surface area contributed by atoms with Gasteiger partial charge in [0.15, 0.2) is 5.75 Å². The quantitative estimate of drug-likeness (QED) is 0.926. The van der Waals surface area contributed by atoms with Gasteiger partial charge in [-0.05, 0) is 18.2 Å². The highest BCUT2D eigenvalue weighted by atomic mass is 32.2. The Hall–Kier alpha value is -1.74. The fourth-order valence-corrected chi connectivity index (χ4v) is 4.17. The van der Waals surface area contributed by atoms with Gasteiger partial charge in [0, 0.05) is 49.0 Å². The number of nitrogens with one attached hydrogen (secondary N) is 1. The van der Waals surface area contributed by atoms with E-state index in [0.29, 0.717) is 13.1 Å². The third-order valence-electron chi connectivity index (χ3n) is 3.89. The van der Waals surface area contributed by atoms with Crippen LogP contribution >= 0.6 is 0 Å². The Kier molecular flexibility index (Phi) is 4.01. The number of hydrogen-bond donors (Lipinski definition) is 1. The summed E-state index contributed by atoms with van der Waals surface area (Å²) >= 11 is 0. The third-order valence-corrected chi connectivity index (χ3v) is 5.73. The molecule has 23 heavy (non-hydrogen) atoms. The molecule has 1 saturated heterocycles. The second-order valence-electron chi connectivity index (χ2n) is 5.47. The number of aromatic amines is 1. The Labute approximate surface area is 131 Å². The molecule has 1 fully saturated rings. The molecule has 3 rings (SSSR count). The maximum absolute atomic E-state index is 12.4. The molecule has 1 aromatic heterocycles. The lowest BCUT2D eigenvalue weighted by Gasteiger charge is -2.35. The number of halogens is 3. The van der Waals surface area contributed by atoms with Gasteiger partial charge in [0.1, 0.15) is 0 Å². The highest BCUT2D eigenvalue weighted by Gasteiger charge is 2.39. The van der Waals surface area contributed by atoms with Crippen molar-refractivity contribution in [3.8, 4) is 0 Å². The molecule has 9 heteroatoms. The Morgan fingerprint density at radius 3 is 2.43 bits per heavy atom. The number of anilines is 1. The van der Waals surface area contributed by atoms with E-state index in [0.717, 1.165) is 20.9 Å². The lowest BCUT2D eigenvalue weighted by Crippen LogP contribution is -2.50. The summed E-state index contributed by atoms with van der Waals surface area (Å²) < 4.78 is 61.6. The number of piperazine rings is 1. The summed E-state index contributed by atoms with van der Waals surface area (Å²) in [5, 5.41) is 1.01. The number of benzene rings is 1. The van der Waals surface area contributed by atoms with Gasteiger partial charge in [0.05, 0.1) is 0 Å². The summed E-state index contributed by atoms with van der Waals surface area (Å²) in [5.41, 5.74) is 1.92. The van der Waals surface area contributed by atoms with Crippen molar-refractivity contribution >= 4 is 26.6 Å². The Bertz CT molecular complexity index is 793.